The quantitative estimate of drug-likeness (QED) is 0.692. The summed E-state index contributed by atoms with van der Waals surface area (Å²) in [6.45, 7) is 0. The molecule has 0 N–H and O–H groups in total. The van der Waals surface area contributed by atoms with E-state index >= 15 is 0 Å². The minimum Gasteiger partial charge on any atom is -0.299 e. The summed E-state index contributed by atoms with van der Waals surface area (Å²) in [5.41, 5.74) is 1.05. The fourth-order valence-corrected chi connectivity index (χ4v) is 2.22. The first-order valence-electron chi connectivity index (χ1n) is 5.79. The molecule has 2 heteroatoms. The summed E-state index contributed by atoms with van der Waals surface area (Å²) in [5, 5.41) is 0. The lowest BCUT2D eigenvalue weighted by atomic mass is 9.93. The van der Waals surface area contributed by atoms with E-state index in [-0.39, 0.29) is 5.92 Å². The van der Waals surface area contributed by atoms with E-state index in [4.69, 9.17) is 0 Å². The number of aromatic nitrogens is 1. The van der Waals surface area contributed by atoms with Crippen molar-refractivity contribution in [3.8, 4) is 0 Å². The second kappa shape index (κ2) is 5.06. The molecular formula is C13H17NO. The summed E-state index contributed by atoms with van der Waals surface area (Å²) in [4.78, 5) is 16.1. The maximum Gasteiger partial charge on any atom is 0.136 e. The Hall–Kier alpha value is -1.18. The van der Waals surface area contributed by atoms with Crippen molar-refractivity contribution in [1.29, 1.82) is 0 Å². The van der Waals surface area contributed by atoms with E-state index < -0.39 is 0 Å². The first kappa shape index (κ1) is 10.3. The Labute approximate surface area is 90.7 Å². The molecule has 1 atom stereocenters. The number of rotatable bonds is 2. The van der Waals surface area contributed by atoms with E-state index in [1.807, 2.05) is 18.2 Å². The highest BCUT2D eigenvalue weighted by Crippen LogP contribution is 2.22. The van der Waals surface area contributed by atoms with Crippen LogP contribution in [-0.2, 0) is 11.2 Å². The summed E-state index contributed by atoms with van der Waals surface area (Å²) in [6, 6.07) is 5.92. The highest BCUT2D eigenvalue weighted by Gasteiger charge is 2.21. The normalized spacial score (nSPS) is 22.4. The number of hydrogen-bond donors (Lipinski definition) is 0. The van der Waals surface area contributed by atoms with Crippen molar-refractivity contribution in [3.63, 3.8) is 0 Å². The van der Waals surface area contributed by atoms with Crippen LogP contribution in [0.2, 0.25) is 0 Å². The number of hydrogen-bond acceptors (Lipinski definition) is 2. The fraction of sp³-hybridized carbons (Fsp3) is 0.538. The highest BCUT2D eigenvalue weighted by atomic mass is 16.1. The lowest BCUT2D eigenvalue weighted by molar-refractivity contribution is -0.122. The third kappa shape index (κ3) is 2.88. The van der Waals surface area contributed by atoms with Crippen molar-refractivity contribution in [2.24, 2.45) is 5.92 Å². The summed E-state index contributed by atoms with van der Waals surface area (Å²) < 4.78 is 0. The van der Waals surface area contributed by atoms with Gasteiger partial charge in [-0.1, -0.05) is 18.9 Å². The van der Waals surface area contributed by atoms with Gasteiger partial charge in [-0.2, -0.15) is 0 Å². The average molecular weight is 203 g/mol. The molecule has 1 fully saturated rings. The standard InChI is InChI=1S/C13H17NO/c15-13-8-3-1-2-6-11(13)10-12-7-4-5-9-14-12/h4-5,7,9,11H,1-3,6,8,10H2. The molecule has 0 amide bonds. The third-order valence-corrected chi connectivity index (χ3v) is 3.11. The number of carbonyl (C=O) groups is 1. The topological polar surface area (TPSA) is 30.0 Å². The first-order chi connectivity index (χ1) is 7.36. The van der Waals surface area contributed by atoms with Crippen molar-refractivity contribution in [2.75, 3.05) is 0 Å². The second-order valence-corrected chi connectivity index (χ2v) is 4.29. The van der Waals surface area contributed by atoms with Crippen LogP contribution in [0, 0.1) is 5.92 Å². The van der Waals surface area contributed by atoms with Gasteiger partial charge in [-0.3, -0.25) is 9.78 Å². The van der Waals surface area contributed by atoms with Crippen LogP contribution < -0.4 is 0 Å². The molecule has 0 aliphatic heterocycles. The molecule has 1 saturated carbocycles. The van der Waals surface area contributed by atoms with Crippen LogP contribution in [-0.4, -0.2) is 10.8 Å². The number of Topliss-reactive ketones (excluding diaryl/α,β-unsaturated/α-hetero) is 1. The zero-order valence-electron chi connectivity index (χ0n) is 8.98. The van der Waals surface area contributed by atoms with Crippen molar-refractivity contribution >= 4 is 5.78 Å². The van der Waals surface area contributed by atoms with Gasteiger partial charge in [0.15, 0.2) is 0 Å². The SMILES string of the molecule is O=C1CCCCCC1Cc1ccccn1. The van der Waals surface area contributed by atoms with Crippen LogP contribution in [0.15, 0.2) is 24.4 Å². The maximum atomic E-state index is 11.8. The minimum absolute atomic E-state index is 0.224. The molecule has 0 spiro atoms. The van der Waals surface area contributed by atoms with Crippen LogP contribution >= 0.6 is 0 Å². The molecule has 2 nitrogen and oxygen atoms in total. The largest absolute Gasteiger partial charge is 0.299 e. The van der Waals surface area contributed by atoms with Gasteiger partial charge in [0.2, 0.25) is 0 Å². The van der Waals surface area contributed by atoms with Crippen molar-refractivity contribution in [1.82, 2.24) is 4.98 Å². The van der Waals surface area contributed by atoms with Gasteiger partial charge < -0.3 is 0 Å². The Kier molecular flexibility index (Phi) is 3.49. The van der Waals surface area contributed by atoms with Crippen molar-refractivity contribution in [3.05, 3.63) is 30.1 Å². The molecule has 0 bridgehead atoms. The highest BCUT2D eigenvalue weighted by molar-refractivity contribution is 5.81. The predicted molar refractivity (Wildman–Crippen MR) is 59.5 cm³/mol. The first-order valence-corrected chi connectivity index (χ1v) is 5.79. The lowest BCUT2D eigenvalue weighted by Crippen LogP contribution is -2.15. The van der Waals surface area contributed by atoms with Crippen LogP contribution in [0.3, 0.4) is 0 Å². The Morgan fingerprint density at radius 1 is 1.27 bits per heavy atom. The summed E-state index contributed by atoms with van der Waals surface area (Å²) >= 11 is 0. The molecule has 1 aromatic heterocycles. The molecule has 0 aromatic carbocycles. The van der Waals surface area contributed by atoms with Gasteiger partial charge in [-0.15, -0.1) is 0 Å². The molecule has 1 aliphatic carbocycles. The molecule has 0 radical (unpaired) electrons. The lowest BCUT2D eigenvalue weighted by Gasteiger charge is -2.11. The van der Waals surface area contributed by atoms with Crippen LogP contribution in [0.1, 0.15) is 37.8 Å². The molecule has 15 heavy (non-hydrogen) atoms. The van der Waals surface area contributed by atoms with Crippen LogP contribution in [0.4, 0.5) is 0 Å². The smallest absolute Gasteiger partial charge is 0.136 e. The fourth-order valence-electron chi connectivity index (χ4n) is 2.22. The molecule has 1 aliphatic rings. The van der Waals surface area contributed by atoms with Gasteiger partial charge in [0.05, 0.1) is 0 Å². The van der Waals surface area contributed by atoms with Gasteiger partial charge in [0.1, 0.15) is 5.78 Å². The van der Waals surface area contributed by atoms with E-state index in [0.29, 0.717) is 5.78 Å². The number of pyridine rings is 1. The van der Waals surface area contributed by atoms with Gasteiger partial charge in [-0.25, -0.2) is 0 Å². The van der Waals surface area contributed by atoms with E-state index in [1.54, 1.807) is 6.20 Å². The van der Waals surface area contributed by atoms with Crippen molar-refractivity contribution < 1.29 is 4.79 Å². The molecule has 1 aromatic rings. The van der Waals surface area contributed by atoms with Crippen LogP contribution in [0.5, 0.6) is 0 Å². The van der Waals surface area contributed by atoms with Gasteiger partial charge >= 0.3 is 0 Å². The second-order valence-electron chi connectivity index (χ2n) is 4.29. The average Bonchev–Trinajstić information content (AvgIpc) is 2.46. The van der Waals surface area contributed by atoms with E-state index in [0.717, 1.165) is 31.4 Å². The van der Waals surface area contributed by atoms with Gasteiger partial charge in [0.25, 0.3) is 0 Å². The number of ketones is 1. The zero-order valence-corrected chi connectivity index (χ0v) is 8.98. The summed E-state index contributed by atoms with van der Waals surface area (Å²) in [5.74, 6) is 0.667. The zero-order chi connectivity index (χ0) is 10.5. The Bertz CT molecular complexity index is 321. The van der Waals surface area contributed by atoms with Crippen molar-refractivity contribution in [2.45, 2.75) is 38.5 Å². The molecule has 1 unspecified atom stereocenters. The predicted octanol–water partition coefficient (Wildman–Crippen LogP) is 2.77. The molecule has 80 valence electrons. The maximum absolute atomic E-state index is 11.8. The van der Waals surface area contributed by atoms with Gasteiger partial charge in [0, 0.05) is 24.2 Å². The number of carbonyl (C=O) groups excluding carboxylic acids is 1. The minimum atomic E-state index is 0.224. The Balaban J connectivity index is 2.01. The summed E-state index contributed by atoms with van der Waals surface area (Å²) in [7, 11) is 0. The summed E-state index contributed by atoms with van der Waals surface area (Å²) in [6.07, 6.45) is 7.95. The van der Waals surface area contributed by atoms with E-state index in [9.17, 15) is 4.79 Å². The Morgan fingerprint density at radius 2 is 2.20 bits per heavy atom. The van der Waals surface area contributed by atoms with E-state index in [2.05, 4.69) is 4.98 Å². The molecule has 2 rings (SSSR count). The third-order valence-electron chi connectivity index (χ3n) is 3.11. The van der Waals surface area contributed by atoms with E-state index in [1.165, 1.54) is 12.8 Å². The monoisotopic (exact) mass is 203 g/mol. The van der Waals surface area contributed by atoms with Gasteiger partial charge in [-0.05, 0) is 31.4 Å². The molecule has 1 heterocycles. The Morgan fingerprint density at radius 3 is 3.00 bits per heavy atom. The van der Waals surface area contributed by atoms with Crippen LogP contribution in [0.25, 0.3) is 0 Å². The molecule has 0 saturated heterocycles. The molecular weight excluding hydrogens is 186 g/mol. The number of nitrogens with zero attached hydrogens (tertiary/aromatic N) is 1.